The van der Waals surface area contributed by atoms with Crippen LogP contribution in [0.3, 0.4) is 0 Å². The van der Waals surface area contributed by atoms with E-state index >= 15 is 0 Å². The van der Waals surface area contributed by atoms with E-state index in [0.29, 0.717) is 23.1 Å². The quantitative estimate of drug-likeness (QED) is 0.179. The molecule has 0 aliphatic carbocycles. The Morgan fingerprint density at radius 3 is 1.76 bits per heavy atom. The van der Waals surface area contributed by atoms with Crippen molar-refractivity contribution in [2.75, 3.05) is 0 Å². The van der Waals surface area contributed by atoms with Gasteiger partial charge in [0.25, 0.3) is 0 Å². The average molecular weight is 755 g/mol. The molecule has 6 nitrogen and oxygen atoms in total. The van der Waals surface area contributed by atoms with Gasteiger partial charge in [-0.3, -0.25) is 0 Å². The van der Waals surface area contributed by atoms with Crippen LogP contribution in [0, 0.1) is 0 Å². The van der Waals surface area contributed by atoms with Crippen LogP contribution in [-0.4, -0.2) is 19.5 Å². The summed E-state index contributed by atoms with van der Waals surface area (Å²) >= 11 is 0. The lowest BCUT2D eigenvalue weighted by molar-refractivity contribution is 0.669. The first-order valence-corrected chi connectivity index (χ1v) is 19.8. The molecule has 4 aromatic heterocycles. The number of rotatable bonds is 4. The van der Waals surface area contributed by atoms with Crippen molar-refractivity contribution in [3.63, 3.8) is 0 Å². The van der Waals surface area contributed by atoms with Gasteiger partial charge < -0.3 is 13.4 Å². The van der Waals surface area contributed by atoms with Crippen LogP contribution in [0.4, 0.5) is 0 Å². The summed E-state index contributed by atoms with van der Waals surface area (Å²) in [5.74, 6) is 1.67. The summed E-state index contributed by atoms with van der Waals surface area (Å²) in [5.41, 5.74) is 9.00. The van der Waals surface area contributed by atoms with Crippen LogP contribution < -0.4 is 0 Å². The Balaban J connectivity index is 1.09. The van der Waals surface area contributed by atoms with Crippen LogP contribution >= 0.6 is 0 Å². The molecule has 6 heteroatoms. The Labute approximate surface area is 336 Å². The lowest BCUT2D eigenvalue weighted by Gasteiger charge is -2.13. The maximum Gasteiger partial charge on any atom is 0.167 e. The number of aromatic nitrogens is 4. The second-order valence-corrected chi connectivity index (χ2v) is 15.2. The number of benzene rings is 9. The molecule has 0 bridgehead atoms. The molecular weight excluding hydrogens is 725 g/mol. The predicted molar refractivity (Wildman–Crippen MR) is 240 cm³/mol. The molecule has 0 fully saturated rings. The zero-order chi connectivity index (χ0) is 38.6. The van der Waals surface area contributed by atoms with Gasteiger partial charge in [0.15, 0.2) is 17.5 Å². The van der Waals surface area contributed by atoms with E-state index in [1.54, 1.807) is 0 Å². The van der Waals surface area contributed by atoms with Gasteiger partial charge in [-0.25, -0.2) is 15.0 Å². The van der Waals surface area contributed by atoms with Crippen LogP contribution in [0.1, 0.15) is 0 Å². The maximum absolute atomic E-state index is 6.89. The third-order valence-corrected chi connectivity index (χ3v) is 11.8. The fraction of sp³-hybridized carbons (Fsp3) is 0. The molecule has 0 atom stereocenters. The summed E-state index contributed by atoms with van der Waals surface area (Å²) in [5, 5.41) is 11.1. The molecule has 13 rings (SSSR count). The Hall–Kier alpha value is -8.09. The number of hydrogen-bond donors (Lipinski definition) is 0. The van der Waals surface area contributed by atoms with Crippen molar-refractivity contribution < 1.29 is 8.83 Å². The molecule has 4 heterocycles. The lowest BCUT2D eigenvalue weighted by Crippen LogP contribution is -2.01. The predicted octanol–water partition coefficient (Wildman–Crippen LogP) is 14.1. The van der Waals surface area contributed by atoms with Crippen molar-refractivity contribution in [3.05, 3.63) is 182 Å². The minimum absolute atomic E-state index is 0.527. The van der Waals surface area contributed by atoms with Crippen molar-refractivity contribution in [1.82, 2.24) is 19.5 Å². The first-order valence-electron chi connectivity index (χ1n) is 19.8. The molecular formula is C53H30N4O2. The lowest BCUT2D eigenvalue weighted by atomic mass is 10.0. The molecule has 0 radical (unpaired) electrons. The minimum Gasteiger partial charge on any atom is -0.456 e. The van der Waals surface area contributed by atoms with Gasteiger partial charge in [-0.15, -0.1) is 0 Å². The SMILES string of the molecule is c1ccc2cc(-c3nc(-c4ccc5oc6ccccc6c5c4)nc(-c4ccc(-n5c6ccccc6c6cc7ccccc7cc65)c5c4oc4ccccc45)n3)ccc2c1. The van der Waals surface area contributed by atoms with Gasteiger partial charge in [0.2, 0.25) is 0 Å². The van der Waals surface area contributed by atoms with E-state index in [4.69, 9.17) is 23.8 Å². The highest BCUT2D eigenvalue weighted by Gasteiger charge is 2.23. The topological polar surface area (TPSA) is 69.9 Å². The molecule has 0 N–H and O–H groups in total. The molecule has 0 amide bonds. The smallest absolute Gasteiger partial charge is 0.167 e. The van der Waals surface area contributed by atoms with Crippen LogP contribution in [0.15, 0.2) is 191 Å². The fourth-order valence-electron chi connectivity index (χ4n) is 9.04. The fourth-order valence-corrected chi connectivity index (χ4v) is 9.04. The van der Waals surface area contributed by atoms with E-state index in [1.165, 1.54) is 21.5 Å². The summed E-state index contributed by atoms with van der Waals surface area (Å²) in [7, 11) is 0. The van der Waals surface area contributed by atoms with Crippen LogP contribution in [0.25, 0.3) is 127 Å². The minimum atomic E-state index is 0.527. The molecule has 0 unspecified atom stereocenters. The van der Waals surface area contributed by atoms with Gasteiger partial charge in [-0.05, 0) is 88.3 Å². The maximum atomic E-state index is 6.89. The molecule has 9 aromatic carbocycles. The monoisotopic (exact) mass is 754 g/mol. The second kappa shape index (κ2) is 12.2. The van der Waals surface area contributed by atoms with Gasteiger partial charge >= 0.3 is 0 Å². The van der Waals surface area contributed by atoms with Crippen molar-refractivity contribution >= 4 is 87.2 Å². The van der Waals surface area contributed by atoms with Crippen LogP contribution in [-0.2, 0) is 0 Å². The highest BCUT2D eigenvalue weighted by Crippen LogP contribution is 2.43. The van der Waals surface area contributed by atoms with Crippen molar-refractivity contribution in [3.8, 4) is 39.9 Å². The van der Waals surface area contributed by atoms with Gasteiger partial charge in [0.05, 0.1) is 27.7 Å². The van der Waals surface area contributed by atoms with E-state index in [9.17, 15) is 0 Å². The van der Waals surface area contributed by atoms with E-state index in [0.717, 1.165) is 82.5 Å². The Kier molecular flexibility index (Phi) is 6.63. The molecule has 0 spiro atoms. The summed E-state index contributed by atoms with van der Waals surface area (Å²) in [4.78, 5) is 15.7. The first-order chi connectivity index (χ1) is 29.2. The van der Waals surface area contributed by atoms with Gasteiger partial charge in [0, 0.05) is 38.1 Å². The first kappa shape index (κ1) is 32.0. The van der Waals surface area contributed by atoms with Crippen LogP contribution in [0.5, 0.6) is 0 Å². The van der Waals surface area contributed by atoms with Gasteiger partial charge in [-0.2, -0.15) is 0 Å². The van der Waals surface area contributed by atoms with Gasteiger partial charge in [0.1, 0.15) is 22.3 Å². The molecule has 0 aliphatic heterocycles. The Bertz CT molecular complexity index is 3870. The van der Waals surface area contributed by atoms with Gasteiger partial charge in [-0.1, -0.05) is 115 Å². The number of nitrogens with zero attached hydrogens (tertiary/aromatic N) is 4. The number of fused-ring (bicyclic) bond motifs is 11. The molecule has 0 saturated carbocycles. The standard InChI is InChI=1S/C53H30N4O2/c1-2-12-32-27-35(22-21-31(32)11-1)51-54-52(36-23-26-48-42(29-36)38-16-6-9-19-46(38)58-48)56-53(55-51)40-24-25-44(49-39-17-7-10-20-47(39)59-50(40)49)57-43-18-8-5-15-37(43)41-28-33-13-3-4-14-34(33)30-45(41)57/h1-30H. The van der Waals surface area contributed by atoms with Crippen molar-refractivity contribution in [2.45, 2.75) is 0 Å². The third kappa shape index (κ3) is 4.84. The van der Waals surface area contributed by atoms with Crippen LogP contribution in [0.2, 0.25) is 0 Å². The van der Waals surface area contributed by atoms with E-state index in [2.05, 4.69) is 144 Å². The molecule has 13 aromatic rings. The summed E-state index contributed by atoms with van der Waals surface area (Å²) in [6.07, 6.45) is 0. The summed E-state index contributed by atoms with van der Waals surface area (Å²) in [6.45, 7) is 0. The molecule has 274 valence electrons. The summed E-state index contributed by atoms with van der Waals surface area (Å²) < 4.78 is 15.5. The van der Waals surface area contributed by atoms with Crippen molar-refractivity contribution in [1.29, 1.82) is 0 Å². The zero-order valence-corrected chi connectivity index (χ0v) is 31.4. The Morgan fingerprint density at radius 2 is 0.949 bits per heavy atom. The highest BCUT2D eigenvalue weighted by atomic mass is 16.3. The van der Waals surface area contributed by atoms with E-state index in [1.807, 2.05) is 42.5 Å². The Morgan fingerprint density at radius 1 is 0.356 bits per heavy atom. The van der Waals surface area contributed by atoms with E-state index < -0.39 is 0 Å². The largest absolute Gasteiger partial charge is 0.456 e. The van der Waals surface area contributed by atoms with E-state index in [-0.39, 0.29) is 0 Å². The number of furan rings is 2. The average Bonchev–Trinajstić information content (AvgIpc) is 3.97. The van der Waals surface area contributed by atoms with Crippen molar-refractivity contribution in [2.24, 2.45) is 0 Å². The summed E-state index contributed by atoms with van der Waals surface area (Å²) in [6, 6.07) is 63.4. The molecule has 59 heavy (non-hydrogen) atoms. The highest BCUT2D eigenvalue weighted by molar-refractivity contribution is 6.18. The third-order valence-electron chi connectivity index (χ3n) is 11.8. The second-order valence-electron chi connectivity index (χ2n) is 15.2. The molecule has 0 aliphatic rings. The normalized spacial score (nSPS) is 12.1. The number of hydrogen-bond acceptors (Lipinski definition) is 5. The molecule has 0 saturated heterocycles. The zero-order valence-electron chi connectivity index (χ0n) is 31.4. The number of para-hydroxylation sites is 3.